The van der Waals surface area contributed by atoms with Crippen molar-refractivity contribution in [1.29, 1.82) is 5.26 Å². The van der Waals surface area contributed by atoms with E-state index in [0.29, 0.717) is 24.2 Å². The van der Waals surface area contributed by atoms with E-state index in [1.807, 2.05) is 6.07 Å². The van der Waals surface area contributed by atoms with Gasteiger partial charge in [0.2, 0.25) is 0 Å². The van der Waals surface area contributed by atoms with Crippen LogP contribution in [-0.2, 0) is 0 Å². The Morgan fingerprint density at radius 1 is 1.45 bits per heavy atom. The van der Waals surface area contributed by atoms with Crippen molar-refractivity contribution in [2.24, 2.45) is 5.41 Å². The van der Waals surface area contributed by atoms with Crippen molar-refractivity contribution in [3.63, 3.8) is 0 Å². The van der Waals surface area contributed by atoms with Crippen molar-refractivity contribution in [2.75, 3.05) is 13.2 Å². The van der Waals surface area contributed by atoms with Gasteiger partial charge in [0.05, 0.1) is 5.56 Å². The lowest BCUT2D eigenvalue weighted by molar-refractivity contribution is 0.0902. The average Bonchev–Trinajstić information content (AvgIpc) is 2.51. The Morgan fingerprint density at radius 3 is 2.60 bits per heavy atom. The number of aromatic nitrogens is 1. The Kier molecular flexibility index (Phi) is 6.13. The Labute approximate surface area is 119 Å². The molecule has 20 heavy (non-hydrogen) atoms. The summed E-state index contributed by atoms with van der Waals surface area (Å²) < 4.78 is 0. The Bertz CT molecular complexity index is 473. The maximum Gasteiger partial charge on any atom is 0.269 e. The molecule has 0 radical (unpaired) electrons. The Hall–Kier alpha value is -1.93. The van der Waals surface area contributed by atoms with Gasteiger partial charge in [-0.2, -0.15) is 5.26 Å². The third-order valence-corrected chi connectivity index (χ3v) is 3.89. The monoisotopic (exact) mass is 275 g/mol. The second-order valence-corrected chi connectivity index (χ2v) is 4.91. The Balaban J connectivity index is 2.67. The van der Waals surface area contributed by atoms with Gasteiger partial charge in [0, 0.05) is 19.3 Å². The van der Waals surface area contributed by atoms with Gasteiger partial charge in [0.1, 0.15) is 11.8 Å². The summed E-state index contributed by atoms with van der Waals surface area (Å²) in [5.74, 6) is -0.251. The van der Waals surface area contributed by atoms with Crippen LogP contribution in [0, 0.1) is 16.7 Å². The summed E-state index contributed by atoms with van der Waals surface area (Å²) >= 11 is 0. The van der Waals surface area contributed by atoms with Crippen molar-refractivity contribution in [2.45, 2.75) is 33.1 Å². The van der Waals surface area contributed by atoms with E-state index in [1.165, 1.54) is 6.20 Å². The van der Waals surface area contributed by atoms with Gasteiger partial charge in [0.15, 0.2) is 0 Å². The van der Waals surface area contributed by atoms with E-state index in [9.17, 15) is 4.79 Å². The molecule has 0 bridgehead atoms. The molecule has 5 heteroatoms. The summed E-state index contributed by atoms with van der Waals surface area (Å²) in [6, 6.07) is 5.08. The van der Waals surface area contributed by atoms with Gasteiger partial charge in [-0.3, -0.25) is 4.79 Å². The number of nitrogens with one attached hydrogen (secondary N) is 1. The first kappa shape index (κ1) is 16.1. The van der Waals surface area contributed by atoms with Crippen molar-refractivity contribution in [3.05, 3.63) is 29.6 Å². The summed E-state index contributed by atoms with van der Waals surface area (Å²) in [4.78, 5) is 16.0. The molecule has 0 aliphatic carbocycles. The molecule has 0 spiro atoms. The molecule has 0 atom stereocenters. The first-order valence-electron chi connectivity index (χ1n) is 6.86. The maximum atomic E-state index is 12.0. The van der Waals surface area contributed by atoms with Crippen molar-refractivity contribution >= 4 is 5.91 Å². The van der Waals surface area contributed by atoms with E-state index in [1.54, 1.807) is 12.1 Å². The molecule has 1 aromatic rings. The zero-order valence-electron chi connectivity index (χ0n) is 12.0. The topological polar surface area (TPSA) is 86.0 Å². The molecule has 1 aromatic heterocycles. The number of carbonyl (C=O) groups excluding carboxylic acids is 1. The summed E-state index contributed by atoms with van der Waals surface area (Å²) in [5, 5.41) is 20.7. The second-order valence-electron chi connectivity index (χ2n) is 4.91. The summed E-state index contributed by atoms with van der Waals surface area (Å²) in [5.41, 5.74) is 0.657. The highest BCUT2D eigenvalue weighted by atomic mass is 16.3. The SMILES string of the molecule is CCC(CC)(CCO)CNC(=O)c1ccc(C#N)cn1. The highest BCUT2D eigenvalue weighted by Gasteiger charge is 2.26. The van der Waals surface area contributed by atoms with Gasteiger partial charge >= 0.3 is 0 Å². The minimum absolute atomic E-state index is 0.0724. The number of aliphatic hydroxyl groups is 1. The van der Waals surface area contributed by atoms with Crippen LogP contribution in [0.3, 0.4) is 0 Å². The van der Waals surface area contributed by atoms with Crippen LogP contribution in [-0.4, -0.2) is 29.1 Å². The molecule has 0 saturated carbocycles. The summed E-state index contributed by atoms with van der Waals surface area (Å²) in [7, 11) is 0. The molecular formula is C15H21N3O2. The molecule has 1 rings (SSSR count). The molecule has 1 amide bonds. The molecule has 108 valence electrons. The number of hydrogen-bond acceptors (Lipinski definition) is 4. The van der Waals surface area contributed by atoms with Crippen molar-refractivity contribution in [3.8, 4) is 6.07 Å². The van der Waals surface area contributed by atoms with Gasteiger partial charge in [-0.1, -0.05) is 13.8 Å². The summed E-state index contributed by atoms with van der Waals surface area (Å²) in [6.45, 7) is 4.75. The van der Waals surface area contributed by atoms with Crippen molar-refractivity contribution < 1.29 is 9.90 Å². The van der Waals surface area contributed by atoms with Gasteiger partial charge < -0.3 is 10.4 Å². The normalized spacial score (nSPS) is 10.9. The summed E-state index contributed by atoms with van der Waals surface area (Å²) in [6.07, 6.45) is 3.84. The minimum atomic E-state index is -0.251. The van der Waals surface area contributed by atoms with Gasteiger partial charge in [-0.05, 0) is 36.8 Å². The predicted octanol–water partition coefficient (Wildman–Crippen LogP) is 1.87. The van der Waals surface area contributed by atoms with Crippen LogP contribution in [0.1, 0.15) is 49.2 Å². The second kappa shape index (κ2) is 7.61. The van der Waals surface area contributed by atoms with Crippen LogP contribution in [0.5, 0.6) is 0 Å². The number of amides is 1. The van der Waals surface area contributed by atoms with E-state index < -0.39 is 0 Å². The lowest BCUT2D eigenvalue weighted by Gasteiger charge is -2.31. The van der Waals surface area contributed by atoms with Crippen LogP contribution in [0.4, 0.5) is 0 Å². The van der Waals surface area contributed by atoms with E-state index in [4.69, 9.17) is 10.4 Å². The molecule has 0 aliphatic rings. The molecule has 0 unspecified atom stereocenters. The quantitative estimate of drug-likeness (QED) is 0.795. The van der Waals surface area contributed by atoms with E-state index in [2.05, 4.69) is 24.1 Å². The fourth-order valence-corrected chi connectivity index (χ4v) is 2.13. The molecule has 0 aliphatic heterocycles. The number of aliphatic hydroxyl groups excluding tert-OH is 1. The van der Waals surface area contributed by atoms with Crippen LogP contribution in [0.25, 0.3) is 0 Å². The van der Waals surface area contributed by atoms with E-state index in [0.717, 1.165) is 12.8 Å². The standard InChI is InChI=1S/C15H21N3O2/c1-3-15(4-2,7-8-19)11-18-14(20)13-6-5-12(9-16)10-17-13/h5-6,10,19H,3-4,7-8,11H2,1-2H3,(H,18,20). The number of nitriles is 1. The van der Waals surface area contributed by atoms with Gasteiger partial charge in [-0.15, -0.1) is 0 Å². The lowest BCUT2D eigenvalue weighted by Crippen LogP contribution is -2.38. The number of pyridine rings is 1. The van der Waals surface area contributed by atoms with Gasteiger partial charge in [0.25, 0.3) is 5.91 Å². The minimum Gasteiger partial charge on any atom is -0.396 e. The van der Waals surface area contributed by atoms with Crippen molar-refractivity contribution in [1.82, 2.24) is 10.3 Å². The zero-order chi connectivity index (χ0) is 15.0. The number of rotatable bonds is 7. The number of nitrogens with zero attached hydrogens (tertiary/aromatic N) is 2. The largest absolute Gasteiger partial charge is 0.396 e. The van der Waals surface area contributed by atoms with Crippen LogP contribution in [0.15, 0.2) is 18.3 Å². The van der Waals surface area contributed by atoms with Crippen LogP contribution < -0.4 is 5.32 Å². The number of carbonyl (C=O) groups is 1. The van der Waals surface area contributed by atoms with E-state index >= 15 is 0 Å². The lowest BCUT2D eigenvalue weighted by atomic mass is 9.79. The fourth-order valence-electron chi connectivity index (χ4n) is 2.13. The smallest absolute Gasteiger partial charge is 0.269 e. The third-order valence-electron chi connectivity index (χ3n) is 3.89. The first-order valence-corrected chi connectivity index (χ1v) is 6.86. The fraction of sp³-hybridized carbons (Fsp3) is 0.533. The molecule has 2 N–H and O–H groups in total. The highest BCUT2D eigenvalue weighted by Crippen LogP contribution is 2.29. The van der Waals surface area contributed by atoms with Gasteiger partial charge in [-0.25, -0.2) is 4.98 Å². The molecule has 0 saturated heterocycles. The molecule has 0 aromatic carbocycles. The van der Waals surface area contributed by atoms with Crippen LogP contribution in [0.2, 0.25) is 0 Å². The zero-order valence-corrected chi connectivity index (χ0v) is 12.0. The molecule has 5 nitrogen and oxygen atoms in total. The van der Waals surface area contributed by atoms with E-state index in [-0.39, 0.29) is 17.9 Å². The highest BCUT2D eigenvalue weighted by molar-refractivity contribution is 5.92. The molecular weight excluding hydrogens is 254 g/mol. The average molecular weight is 275 g/mol. The third kappa shape index (κ3) is 4.04. The number of hydrogen-bond donors (Lipinski definition) is 2. The molecule has 0 fully saturated rings. The Morgan fingerprint density at radius 2 is 2.15 bits per heavy atom. The van der Waals surface area contributed by atoms with Crippen LogP contribution >= 0.6 is 0 Å². The predicted molar refractivity (Wildman–Crippen MR) is 76.0 cm³/mol. The molecule has 1 heterocycles. The maximum absolute atomic E-state index is 12.0. The first-order chi connectivity index (χ1) is 9.60.